The van der Waals surface area contributed by atoms with Crippen LogP contribution in [0.5, 0.6) is 0 Å². The number of hydrogen-bond donors (Lipinski definition) is 1. The highest BCUT2D eigenvalue weighted by molar-refractivity contribution is 5.76. The first kappa shape index (κ1) is 45.2. The monoisotopic (exact) mass is 665 g/mol. The molecule has 0 aliphatic carbocycles. The third kappa shape index (κ3) is 33.9. The lowest BCUT2D eigenvalue weighted by Crippen LogP contribution is -2.40. The van der Waals surface area contributed by atoms with Gasteiger partial charge in [-0.25, -0.2) is 0 Å². The Hall–Kier alpha value is -1.79. The van der Waals surface area contributed by atoms with Crippen molar-refractivity contribution in [3.05, 3.63) is 10.4 Å². The number of nitrogens with one attached hydrogen (secondary N) is 1. The van der Waals surface area contributed by atoms with E-state index in [1.807, 2.05) is 0 Å². The van der Waals surface area contributed by atoms with E-state index in [9.17, 15) is 9.59 Å². The first-order chi connectivity index (χ1) is 23.1. The van der Waals surface area contributed by atoms with Gasteiger partial charge in [0.25, 0.3) is 0 Å². The maximum Gasteiger partial charge on any atom is 0.306 e. The second kappa shape index (κ2) is 37.0. The second-order valence-corrected chi connectivity index (χ2v) is 13.7. The van der Waals surface area contributed by atoms with Gasteiger partial charge in [-0.15, -0.1) is 0 Å². The Morgan fingerprint density at radius 2 is 1.06 bits per heavy atom. The van der Waals surface area contributed by atoms with Crippen LogP contribution in [-0.4, -0.2) is 43.8 Å². The zero-order valence-electron chi connectivity index (χ0n) is 31.3. The Labute approximate surface area is 290 Å². The van der Waals surface area contributed by atoms with Gasteiger partial charge in [-0.05, 0) is 31.2 Å². The zero-order chi connectivity index (χ0) is 34.5. The third-order valence-electron chi connectivity index (χ3n) is 9.05. The van der Waals surface area contributed by atoms with Gasteiger partial charge in [0, 0.05) is 30.7 Å². The SMILES string of the molecule is CCCCCCCCCCCCCC(=O)N[C@@H](CN=[N+]=[N-])COCC[C@@H](CCCCCCC)OC(=O)CCCCCCCCCCC. The van der Waals surface area contributed by atoms with Crippen molar-refractivity contribution in [2.75, 3.05) is 19.8 Å². The van der Waals surface area contributed by atoms with Crippen molar-refractivity contribution < 1.29 is 19.1 Å². The van der Waals surface area contributed by atoms with E-state index in [0.29, 0.717) is 25.9 Å². The highest BCUT2D eigenvalue weighted by Crippen LogP contribution is 2.16. The third-order valence-corrected chi connectivity index (χ3v) is 9.05. The highest BCUT2D eigenvalue weighted by Gasteiger charge is 2.16. The molecule has 276 valence electrons. The van der Waals surface area contributed by atoms with Crippen LogP contribution >= 0.6 is 0 Å². The minimum absolute atomic E-state index is 0.0157. The minimum Gasteiger partial charge on any atom is -0.462 e. The van der Waals surface area contributed by atoms with Crippen molar-refractivity contribution in [2.45, 2.75) is 219 Å². The zero-order valence-corrected chi connectivity index (χ0v) is 31.3. The Morgan fingerprint density at radius 1 is 0.617 bits per heavy atom. The molecule has 0 saturated carbocycles. The summed E-state index contributed by atoms with van der Waals surface area (Å²) in [5.41, 5.74) is 8.83. The molecule has 0 saturated heterocycles. The Balaban J connectivity index is 4.37. The number of ether oxygens (including phenoxy) is 2. The minimum atomic E-state index is -0.354. The van der Waals surface area contributed by atoms with Crippen LogP contribution in [0.2, 0.25) is 0 Å². The smallest absolute Gasteiger partial charge is 0.306 e. The molecule has 0 heterocycles. The number of hydrogen-bond acceptors (Lipinski definition) is 5. The number of rotatable bonds is 37. The van der Waals surface area contributed by atoms with Crippen molar-refractivity contribution in [3.63, 3.8) is 0 Å². The van der Waals surface area contributed by atoms with E-state index in [1.54, 1.807) is 0 Å². The number of carbonyl (C=O) groups excluding carboxylic acids is 2. The molecule has 0 aromatic carbocycles. The number of nitrogens with zero attached hydrogens (tertiary/aromatic N) is 3. The molecule has 1 amide bonds. The van der Waals surface area contributed by atoms with Crippen LogP contribution in [-0.2, 0) is 19.1 Å². The molecule has 0 unspecified atom stereocenters. The van der Waals surface area contributed by atoms with Gasteiger partial charge in [0.05, 0.1) is 19.3 Å². The average Bonchev–Trinajstić information content (AvgIpc) is 3.06. The molecule has 8 nitrogen and oxygen atoms in total. The van der Waals surface area contributed by atoms with Gasteiger partial charge in [0.1, 0.15) is 6.10 Å². The lowest BCUT2D eigenvalue weighted by atomic mass is 10.1. The number of carbonyl (C=O) groups is 2. The van der Waals surface area contributed by atoms with Crippen molar-refractivity contribution in [1.29, 1.82) is 0 Å². The normalized spacial score (nSPS) is 12.4. The Kier molecular flexibility index (Phi) is 35.6. The maximum absolute atomic E-state index is 12.6. The molecule has 0 spiro atoms. The molecule has 0 rings (SSSR count). The van der Waals surface area contributed by atoms with Gasteiger partial charge in [-0.3, -0.25) is 9.59 Å². The molecule has 8 heteroatoms. The molecular weight excluding hydrogens is 588 g/mol. The van der Waals surface area contributed by atoms with Crippen LogP contribution in [0.25, 0.3) is 10.4 Å². The van der Waals surface area contributed by atoms with Gasteiger partial charge < -0.3 is 14.8 Å². The Morgan fingerprint density at radius 3 is 1.55 bits per heavy atom. The maximum atomic E-state index is 12.6. The predicted octanol–water partition coefficient (Wildman–Crippen LogP) is 12.1. The fraction of sp³-hybridized carbons (Fsp3) is 0.949. The summed E-state index contributed by atoms with van der Waals surface area (Å²) in [6.45, 7) is 7.59. The van der Waals surface area contributed by atoms with Gasteiger partial charge in [0.15, 0.2) is 0 Å². The fourth-order valence-electron chi connectivity index (χ4n) is 6.03. The van der Waals surface area contributed by atoms with Crippen LogP contribution in [0.1, 0.15) is 207 Å². The van der Waals surface area contributed by atoms with Crippen molar-refractivity contribution in [3.8, 4) is 0 Å². The summed E-state index contributed by atoms with van der Waals surface area (Å²) in [5, 5.41) is 6.68. The van der Waals surface area contributed by atoms with Crippen LogP contribution in [0.4, 0.5) is 0 Å². The molecule has 0 aromatic heterocycles. The first-order valence-electron chi connectivity index (χ1n) is 20.1. The van der Waals surface area contributed by atoms with Crippen molar-refractivity contribution >= 4 is 11.9 Å². The van der Waals surface area contributed by atoms with Gasteiger partial charge in [-0.2, -0.15) is 0 Å². The molecule has 0 bridgehead atoms. The van der Waals surface area contributed by atoms with Crippen LogP contribution in [0, 0.1) is 0 Å². The predicted molar refractivity (Wildman–Crippen MR) is 198 cm³/mol. The summed E-state index contributed by atoms with van der Waals surface area (Å²) >= 11 is 0. The highest BCUT2D eigenvalue weighted by atomic mass is 16.5. The number of amides is 1. The lowest BCUT2D eigenvalue weighted by molar-refractivity contribution is -0.150. The molecule has 47 heavy (non-hydrogen) atoms. The summed E-state index contributed by atoms with van der Waals surface area (Å²) in [5.74, 6) is -0.111. The molecular formula is C39H76N4O4. The van der Waals surface area contributed by atoms with E-state index in [-0.39, 0.29) is 37.2 Å². The Bertz CT molecular complexity index is 744. The van der Waals surface area contributed by atoms with E-state index in [4.69, 9.17) is 15.0 Å². The van der Waals surface area contributed by atoms with E-state index >= 15 is 0 Å². The van der Waals surface area contributed by atoms with Crippen LogP contribution in [0.3, 0.4) is 0 Å². The van der Waals surface area contributed by atoms with Crippen LogP contribution in [0.15, 0.2) is 5.11 Å². The first-order valence-corrected chi connectivity index (χ1v) is 20.1. The molecule has 0 aromatic rings. The summed E-state index contributed by atoms with van der Waals surface area (Å²) in [6.07, 6.45) is 32.9. The largest absolute Gasteiger partial charge is 0.462 e. The van der Waals surface area contributed by atoms with Crippen molar-refractivity contribution in [2.24, 2.45) is 5.11 Å². The van der Waals surface area contributed by atoms with E-state index in [2.05, 4.69) is 36.1 Å². The molecule has 0 fully saturated rings. The molecule has 2 atom stereocenters. The van der Waals surface area contributed by atoms with Crippen LogP contribution < -0.4 is 5.32 Å². The molecule has 0 aliphatic heterocycles. The van der Waals surface area contributed by atoms with Gasteiger partial charge in [0.2, 0.25) is 5.91 Å². The second-order valence-electron chi connectivity index (χ2n) is 13.7. The molecule has 0 aliphatic rings. The lowest BCUT2D eigenvalue weighted by Gasteiger charge is -2.20. The van der Waals surface area contributed by atoms with E-state index < -0.39 is 0 Å². The fourth-order valence-corrected chi connectivity index (χ4v) is 6.03. The van der Waals surface area contributed by atoms with E-state index in [1.165, 1.54) is 122 Å². The summed E-state index contributed by atoms with van der Waals surface area (Å²) in [6, 6.07) is -0.354. The van der Waals surface area contributed by atoms with Crippen molar-refractivity contribution in [1.82, 2.24) is 5.32 Å². The van der Waals surface area contributed by atoms with Gasteiger partial charge in [-0.1, -0.05) is 167 Å². The quantitative estimate of drug-likeness (QED) is 0.0234. The number of esters is 1. The topological polar surface area (TPSA) is 113 Å². The molecule has 1 N–H and O–H groups in total. The number of azide groups is 1. The summed E-state index contributed by atoms with van der Waals surface area (Å²) in [4.78, 5) is 28.1. The average molecular weight is 665 g/mol. The van der Waals surface area contributed by atoms with E-state index in [0.717, 1.165) is 44.9 Å². The standard InChI is InChI=1S/C39H76N4O4/c1-4-7-10-13-15-17-18-20-21-24-27-30-38(44)42-36(34-41-43-40)35-46-33-32-37(29-26-23-12-9-6-3)47-39(45)31-28-25-22-19-16-14-11-8-5-2/h36-37H,4-35H2,1-3H3,(H,42,44)/t36-,37+/m0/s1. The summed E-state index contributed by atoms with van der Waals surface area (Å²) < 4.78 is 11.8. The van der Waals surface area contributed by atoms with Gasteiger partial charge >= 0.3 is 5.97 Å². The summed E-state index contributed by atoms with van der Waals surface area (Å²) in [7, 11) is 0. The number of unbranched alkanes of at least 4 members (excludes halogenated alkanes) is 22. The molecule has 0 radical (unpaired) electrons.